The van der Waals surface area contributed by atoms with E-state index in [-0.39, 0.29) is 45.1 Å². The summed E-state index contributed by atoms with van der Waals surface area (Å²) in [7, 11) is 2.82. The van der Waals surface area contributed by atoms with Crippen LogP contribution in [-0.2, 0) is 9.53 Å². The first-order valence-electron chi connectivity index (χ1n) is 9.25. The Balaban J connectivity index is 1.80. The number of rotatable bonds is 7. The summed E-state index contributed by atoms with van der Waals surface area (Å²) in [6, 6.07) is 1.11. The number of amides is 1. The number of carbonyl (C=O) groups excluding carboxylic acids is 1. The fraction of sp³-hybridized carbons (Fsp3) is 0.350. The second-order valence-corrected chi connectivity index (χ2v) is 7.47. The predicted molar refractivity (Wildman–Crippen MR) is 116 cm³/mol. The summed E-state index contributed by atoms with van der Waals surface area (Å²) in [6.07, 6.45) is 4.09. The van der Waals surface area contributed by atoms with E-state index in [2.05, 4.69) is 20.6 Å². The van der Waals surface area contributed by atoms with Crippen molar-refractivity contribution in [3.05, 3.63) is 39.6 Å². The average Bonchev–Trinajstić information content (AvgIpc) is 3.15. The third-order valence-electron chi connectivity index (χ3n) is 4.56. The van der Waals surface area contributed by atoms with Gasteiger partial charge < -0.3 is 24.8 Å². The molecule has 0 radical (unpaired) electrons. The van der Waals surface area contributed by atoms with Gasteiger partial charge in [-0.1, -0.05) is 23.2 Å². The lowest BCUT2D eigenvalue weighted by Crippen LogP contribution is -2.45. The molecule has 1 aromatic carbocycles. The van der Waals surface area contributed by atoms with Gasteiger partial charge in [0.1, 0.15) is 17.3 Å². The maximum atomic E-state index is 15.0. The maximum Gasteiger partial charge on any atom is 0.222 e. The number of anilines is 1. The zero-order chi connectivity index (χ0) is 22.5. The van der Waals surface area contributed by atoms with Crippen molar-refractivity contribution < 1.29 is 23.4 Å². The van der Waals surface area contributed by atoms with E-state index in [1.54, 1.807) is 0 Å². The average molecular weight is 471 g/mol. The zero-order valence-corrected chi connectivity index (χ0v) is 18.6. The Bertz CT molecular complexity index is 960. The first-order valence-corrected chi connectivity index (χ1v) is 10.0. The molecule has 1 unspecified atom stereocenters. The van der Waals surface area contributed by atoms with Crippen LogP contribution in [0.2, 0.25) is 10.0 Å². The first kappa shape index (κ1) is 23.1. The molecule has 1 aliphatic rings. The molecule has 2 N–H and O–H groups in total. The van der Waals surface area contributed by atoms with Crippen molar-refractivity contribution in [3.63, 3.8) is 0 Å². The molecule has 1 saturated heterocycles. The summed E-state index contributed by atoms with van der Waals surface area (Å²) < 4.78 is 30.7. The number of aromatic nitrogens is 2. The summed E-state index contributed by atoms with van der Waals surface area (Å²) in [6.45, 7) is 2.24. The van der Waals surface area contributed by atoms with Gasteiger partial charge in [-0.05, 0) is 6.08 Å². The molecule has 0 saturated carbocycles. The van der Waals surface area contributed by atoms with E-state index >= 15 is 4.39 Å². The number of hydrogen-bond donors (Lipinski definition) is 2. The van der Waals surface area contributed by atoms with E-state index in [0.29, 0.717) is 24.7 Å². The second kappa shape index (κ2) is 10.1. The molecule has 0 spiro atoms. The number of carbonyl (C=O) groups is 1. The van der Waals surface area contributed by atoms with Gasteiger partial charge in [0.15, 0.2) is 0 Å². The quantitative estimate of drug-likeness (QED) is 0.638. The molecule has 2 heterocycles. The minimum atomic E-state index is -0.702. The molecule has 2 aromatic rings. The van der Waals surface area contributed by atoms with E-state index in [1.165, 1.54) is 45.7 Å². The lowest BCUT2D eigenvalue weighted by atomic mass is 10.1. The molecule has 8 nitrogen and oxygen atoms in total. The van der Waals surface area contributed by atoms with E-state index in [9.17, 15) is 4.79 Å². The highest BCUT2D eigenvalue weighted by molar-refractivity contribution is 6.39. The Morgan fingerprint density at radius 1 is 1.16 bits per heavy atom. The van der Waals surface area contributed by atoms with Crippen molar-refractivity contribution >= 4 is 47.0 Å². The summed E-state index contributed by atoms with van der Waals surface area (Å²) in [5.74, 6) is -0.0748. The largest absolute Gasteiger partial charge is 0.495 e. The van der Waals surface area contributed by atoms with Crippen LogP contribution in [0.15, 0.2) is 18.5 Å². The lowest BCUT2D eigenvalue weighted by molar-refractivity contribution is -0.119. The van der Waals surface area contributed by atoms with Crippen LogP contribution >= 0.6 is 23.2 Å². The number of ether oxygens (including phenoxy) is 3. The zero-order valence-electron chi connectivity index (χ0n) is 17.0. The van der Waals surface area contributed by atoms with Crippen molar-refractivity contribution in [1.29, 1.82) is 0 Å². The minimum Gasteiger partial charge on any atom is -0.495 e. The number of methoxy groups -OCH3 is 2. The van der Waals surface area contributed by atoms with Crippen molar-refractivity contribution in [2.75, 3.05) is 32.8 Å². The normalized spacial score (nSPS) is 18.6. The number of halogens is 3. The molecule has 31 heavy (non-hydrogen) atoms. The highest BCUT2D eigenvalue weighted by Gasteiger charge is 2.29. The number of hydrogen-bond acceptors (Lipinski definition) is 7. The van der Waals surface area contributed by atoms with Crippen molar-refractivity contribution in [3.8, 4) is 11.5 Å². The van der Waals surface area contributed by atoms with Crippen molar-refractivity contribution in [1.82, 2.24) is 15.3 Å². The van der Waals surface area contributed by atoms with Gasteiger partial charge in [0.25, 0.3) is 0 Å². The first-order chi connectivity index (χ1) is 14.8. The van der Waals surface area contributed by atoms with Gasteiger partial charge in [-0.25, -0.2) is 14.4 Å². The Morgan fingerprint density at radius 2 is 1.74 bits per heavy atom. The van der Waals surface area contributed by atoms with Crippen molar-refractivity contribution in [2.24, 2.45) is 0 Å². The van der Waals surface area contributed by atoms with E-state index in [4.69, 9.17) is 37.4 Å². The van der Waals surface area contributed by atoms with E-state index in [0.717, 1.165) is 0 Å². The molecule has 2 atom stereocenters. The van der Waals surface area contributed by atoms with Crippen LogP contribution in [0.25, 0.3) is 11.9 Å². The van der Waals surface area contributed by atoms with Crippen LogP contribution in [-0.4, -0.2) is 55.4 Å². The maximum absolute atomic E-state index is 15.0. The fourth-order valence-electron chi connectivity index (χ4n) is 3.07. The summed E-state index contributed by atoms with van der Waals surface area (Å²) in [4.78, 5) is 19.7. The molecule has 1 aliphatic heterocycles. The van der Waals surface area contributed by atoms with Crippen LogP contribution in [0.5, 0.6) is 11.5 Å². The summed E-state index contributed by atoms with van der Waals surface area (Å²) >= 11 is 12.5. The SMILES string of the molecule is COc1cc(OC)c(Cl)c(/C(F)=C/c2cnc(N[C@@H]3COCC3NC(C)=O)nc2)c1Cl. The van der Waals surface area contributed by atoms with Gasteiger partial charge in [-0.15, -0.1) is 0 Å². The Labute approximate surface area is 188 Å². The third-order valence-corrected chi connectivity index (χ3v) is 5.31. The van der Waals surface area contributed by atoms with Gasteiger partial charge in [-0.3, -0.25) is 4.79 Å². The van der Waals surface area contributed by atoms with Crippen LogP contribution in [0, 0.1) is 0 Å². The molecule has 1 fully saturated rings. The van der Waals surface area contributed by atoms with E-state index in [1.807, 2.05) is 0 Å². The summed E-state index contributed by atoms with van der Waals surface area (Å²) in [5, 5.41) is 5.96. The van der Waals surface area contributed by atoms with Crippen LogP contribution in [0.1, 0.15) is 18.1 Å². The molecule has 166 valence electrons. The van der Waals surface area contributed by atoms with E-state index < -0.39 is 5.83 Å². The monoisotopic (exact) mass is 470 g/mol. The summed E-state index contributed by atoms with van der Waals surface area (Å²) in [5.41, 5.74) is 0.334. The Morgan fingerprint density at radius 3 is 2.29 bits per heavy atom. The molecular weight excluding hydrogens is 450 g/mol. The number of benzene rings is 1. The van der Waals surface area contributed by atoms with Crippen molar-refractivity contribution in [2.45, 2.75) is 19.0 Å². The van der Waals surface area contributed by atoms with Gasteiger partial charge >= 0.3 is 0 Å². The molecule has 0 aliphatic carbocycles. The topological polar surface area (TPSA) is 94.6 Å². The highest BCUT2D eigenvalue weighted by atomic mass is 35.5. The van der Waals surface area contributed by atoms with Crippen LogP contribution in [0.4, 0.5) is 10.3 Å². The predicted octanol–water partition coefficient (Wildman–Crippen LogP) is 3.58. The molecule has 11 heteroatoms. The van der Waals surface area contributed by atoms with Gasteiger partial charge in [0.2, 0.25) is 11.9 Å². The Hall–Kier alpha value is -2.62. The molecular formula is C20H21Cl2FN4O4. The van der Waals surface area contributed by atoms with Gasteiger partial charge in [-0.2, -0.15) is 0 Å². The second-order valence-electron chi connectivity index (χ2n) is 6.71. The minimum absolute atomic E-state index is 0.0199. The smallest absolute Gasteiger partial charge is 0.222 e. The molecule has 0 bridgehead atoms. The number of nitrogens with zero attached hydrogens (tertiary/aromatic N) is 2. The van der Waals surface area contributed by atoms with Crippen LogP contribution < -0.4 is 20.1 Å². The molecule has 3 rings (SSSR count). The highest BCUT2D eigenvalue weighted by Crippen LogP contribution is 2.44. The molecule has 1 amide bonds. The Kier molecular flexibility index (Phi) is 7.53. The third kappa shape index (κ3) is 5.36. The standard InChI is InChI=1S/C20H21Cl2FN4O4/c1-10(28)26-13-8-31-9-14(13)27-20-24-6-11(7-25-20)4-12(23)17-18(21)15(29-2)5-16(30-3)19(17)22/h4-7,13-14H,8-9H2,1-3H3,(H,26,28)(H,24,25,27)/b12-4-/t13?,14-/m1/s1. The fourth-order valence-corrected chi connectivity index (χ4v) is 3.75. The lowest BCUT2D eigenvalue weighted by Gasteiger charge is -2.19. The van der Waals surface area contributed by atoms with Gasteiger partial charge in [0.05, 0.1) is 55.1 Å². The van der Waals surface area contributed by atoms with Crippen LogP contribution in [0.3, 0.4) is 0 Å². The molecule has 1 aromatic heterocycles. The number of nitrogens with one attached hydrogen (secondary N) is 2. The van der Waals surface area contributed by atoms with Gasteiger partial charge in [0, 0.05) is 30.9 Å².